The van der Waals surface area contributed by atoms with Crippen LogP contribution in [0, 0.1) is 21.7 Å². The molecule has 0 N–H and O–H groups in total. The molecule has 6 nitrogen and oxygen atoms in total. The van der Waals surface area contributed by atoms with Crippen molar-refractivity contribution in [2.75, 3.05) is 19.1 Å². The number of carbonyl (C=O) groups excluding carboxylic acids is 1. The quantitative estimate of drug-likeness (QED) is 0.476. The van der Waals surface area contributed by atoms with Gasteiger partial charge in [0.25, 0.3) is 5.69 Å². The van der Waals surface area contributed by atoms with Crippen molar-refractivity contribution in [2.24, 2.45) is 0 Å². The predicted molar refractivity (Wildman–Crippen MR) is 82.9 cm³/mol. The molecule has 0 fully saturated rings. The summed E-state index contributed by atoms with van der Waals surface area (Å²) in [5.41, 5.74) is 0.265. The van der Waals surface area contributed by atoms with Crippen LogP contribution in [0.25, 0.3) is 0 Å². The van der Waals surface area contributed by atoms with Gasteiger partial charge in [0.05, 0.1) is 23.3 Å². The summed E-state index contributed by atoms with van der Waals surface area (Å²) >= 11 is 0. The maximum absolute atomic E-state index is 13.8. The Bertz CT molecular complexity index is 796. The second-order valence-corrected chi connectivity index (χ2v) is 5.04. The third kappa shape index (κ3) is 3.65. The predicted octanol–water partition coefficient (Wildman–Crippen LogP) is 3.30. The molecule has 0 aliphatic heterocycles. The van der Waals surface area contributed by atoms with E-state index in [9.17, 15) is 23.7 Å². The number of nitrogens with zero attached hydrogens (tertiary/aromatic N) is 2. The summed E-state index contributed by atoms with van der Waals surface area (Å²) in [6.07, 6.45) is 0. The van der Waals surface area contributed by atoms with Gasteiger partial charge in [-0.15, -0.1) is 0 Å². The average Bonchev–Trinajstić information content (AvgIpc) is 2.55. The fourth-order valence-electron chi connectivity index (χ4n) is 2.23. The lowest BCUT2D eigenvalue weighted by molar-refractivity contribution is -0.384. The van der Waals surface area contributed by atoms with E-state index in [1.165, 1.54) is 23.1 Å². The highest BCUT2D eigenvalue weighted by molar-refractivity contribution is 5.96. The van der Waals surface area contributed by atoms with Gasteiger partial charge in [-0.25, -0.2) is 13.6 Å². The van der Waals surface area contributed by atoms with Crippen LogP contribution in [0.2, 0.25) is 0 Å². The molecule has 2 rings (SSSR count). The highest BCUT2D eigenvalue weighted by Crippen LogP contribution is 2.27. The Morgan fingerprint density at radius 1 is 1.25 bits per heavy atom. The molecule has 0 bridgehead atoms. The molecule has 24 heavy (non-hydrogen) atoms. The lowest BCUT2D eigenvalue weighted by atomic mass is 10.1. The van der Waals surface area contributed by atoms with E-state index in [0.717, 1.165) is 25.3 Å². The number of rotatable bonds is 5. The number of carbonyl (C=O) groups is 1. The number of halogens is 2. The summed E-state index contributed by atoms with van der Waals surface area (Å²) in [6, 6.07) is 6.90. The van der Waals surface area contributed by atoms with Crippen LogP contribution < -0.4 is 4.90 Å². The SMILES string of the molecule is COC(=O)c1cc([N+](=O)[O-])ccc1N(C)Cc1ccc(F)cc1F. The monoisotopic (exact) mass is 336 g/mol. The second kappa shape index (κ2) is 7.03. The number of nitro benzene ring substituents is 1. The van der Waals surface area contributed by atoms with Crippen molar-refractivity contribution in [3.05, 3.63) is 69.3 Å². The molecule has 0 radical (unpaired) electrons. The molecule has 0 saturated carbocycles. The van der Waals surface area contributed by atoms with Crippen molar-refractivity contribution in [2.45, 2.75) is 6.54 Å². The van der Waals surface area contributed by atoms with Crippen LogP contribution in [0.3, 0.4) is 0 Å². The zero-order valence-electron chi connectivity index (χ0n) is 13.0. The van der Waals surface area contributed by atoms with Crippen LogP contribution in [-0.4, -0.2) is 25.1 Å². The van der Waals surface area contributed by atoms with E-state index in [-0.39, 0.29) is 23.4 Å². The second-order valence-electron chi connectivity index (χ2n) is 5.04. The minimum absolute atomic E-state index is 0.0169. The minimum Gasteiger partial charge on any atom is -0.465 e. The van der Waals surface area contributed by atoms with Crippen molar-refractivity contribution in [1.82, 2.24) is 0 Å². The molecule has 0 atom stereocenters. The van der Waals surface area contributed by atoms with Crippen LogP contribution in [0.4, 0.5) is 20.2 Å². The van der Waals surface area contributed by atoms with E-state index >= 15 is 0 Å². The van der Waals surface area contributed by atoms with Gasteiger partial charge in [0.15, 0.2) is 0 Å². The Morgan fingerprint density at radius 3 is 2.54 bits per heavy atom. The summed E-state index contributed by atoms with van der Waals surface area (Å²) in [5, 5.41) is 10.9. The van der Waals surface area contributed by atoms with Crippen LogP contribution in [0.5, 0.6) is 0 Å². The van der Waals surface area contributed by atoms with Crippen LogP contribution in [-0.2, 0) is 11.3 Å². The zero-order chi connectivity index (χ0) is 17.9. The topological polar surface area (TPSA) is 72.7 Å². The Kier molecular flexibility index (Phi) is 5.08. The lowest BCUT2D eigenvalue weighted by Crippen LogP contribution is -2.20. The largest absolute Gasteiger partial charge is 0.465 e. The molecule has 126 valence electrons. The van der Waals surface area contributed by atoms with Gasteiger partial charge in [0.1, 0.15) is 11.6 Å². The fraction of sp³-hybridized carbons (Fsp3) is 0.188. The Labute approximate surface area is 136 Å². The van der Waals surface area contributed by atoms with E-state index in [1.54, 1.807) is 7.05 Å². The number of anilines is 1. The molecule has 0 aliphatic rings. The maximum Gasteiger partial charge on any atom is 0.340 e. The first-order chi connectivity index (χ1) is 11.3. The van der Waals surface area contributed by atoms with Gasteiger partial charge in [0, 0.05) is 37.4 Å². The number of nitro groups is 1. The van der Waals surface area contributed by atoms with Gasteiger partial charge in [-0.3, -0.25) is 10.1 Å². The summed E-state index contributed by atoms with van der Waals surface area (Å²) in [6.45, 7) is 0.0356. The molecular formula is C16H14F2N2O4. The number of non-ortho nitro benzene ring substituents is 1. The summed E-state index contributed by atoms with van der Waals surface area (Å²) in [4.78, 5) is 23.6. The van der Waals surface area contributed by atoms with Crippen LogP contribution in [0.15, 0.2) is 36.4 Å². The number of hydrogen-bond acceptors (Lipinski definition) is 5. The van der Waals surface area contributed by atoms with Crippen molar-refractivity contribution < 1.29 is 23.2 Å². The molecule has 0 aliphatic carbocycles. The minimum atomic E-state index is -0.750. The third-order valence-electron chi connectivity index (χ3n) is 3.43. The van der Waals surface area contributed by atoms with Gasteiger partial charge in [-0.1, -0.05) is 6.07 Å². The van der Waals surface area contributed by atoms with E-state index in [0.29, 0.717) is 5.69 Å². The smallest absolute Gasteiger partial charge is 0.340 e. The van der Waals surface area contributed by atoms with Crippen LogP contribution >= 0.6 is 0 Å². The fourth-order valence-corrected chi connectivity index (χ4v) is 2.23. The van der Waals surface area contributed by atoms with Gasteiger partial charge in [0.2, 0.25) is 0 Å². The normalized spacial score (nSPS) is 10.3. The number of esters is 1. The number of benzene rings is 2. The summed E-state index contributed by atoms with van der Waals surface area (Å²) in [7, 11) is 2.74. The first-order valence-corrected chi connectivity index (χ1v) is 6.85. The average molecular weight is 336 g/mol. The molecule has 0 amide bonds. The number of hydrogen-bond donors (Lipinski definition) is 0. The molecule has 2 aromatic carbocycles. The van der Waals surface area contributed by atoms with Gasteiger partial charge < -0.3 is 9.64 Å². The molecular weight excluding hydrogens is 322 g/mol. The van der Waals surface area contributed by atoms with E-state index in [4.69, 9.17) is 0 Å². The molecule has 0 heterocycles. The zero-order valence-corrected chi connectivity index (χ0v) is 13.0. The summed E-state index contributed by atoms with van der Waals surface area (Å²) < 4.78 is 31.4. The van der Waals surface area contributed by atoms with E-state index in [2.05, 4.69) is 4.74 Å². The van der Waals surface area contributed by atoms with Crippen molar-refractivity contribution in [3.63, 3.8) is 0 Å². The Balaban J connectivity index is 2.39. The molecule has 8 heteroatoms. The maximum atomic E-state index is 13.8. The first kappa shape index (κ1) is 17.3. The van der Waals surface area contributed by atoms with Crippen molar-refractivity contribution >= 4 is 17.3 Å². The van der Waals surface area contributed by atoms with Crippen molar-refractivity contribution in [1.29, 1.82) is 0 Å². The summed E-state index contributed by atoms with van der Waals surface area (Å²) in [5.74, 6) is -2.16. The van der Waals surface area contributed by atoms with Crippen LogP contribution in [0.1, 0.15) is 15.9 Å². The molecule has 0 spiro atoms. The van der Waals surface area contributed by atoms with Gasteiger partial charge in [-0.2, -0.15) is 0 Å². The molecule has 0 saturated heterocycles. The Hall–Kier alpha value is -3.03. The van der Waals surface area contributed by atoms with Crippen molar-refractivity contribution in [3.8, 4) is 0 Å². The molecule has 0 aromatic heterocycles. The lowest BCUT2D eigenvalue weighted by Gasteiger charge is -2.22. The van der Waals surface area contributed by atoms with Gasteiger partial charge in [-0.05, 0) is 12.1 Å². The first-order valence-electron chi connectivity index (χ1n) is 6.85. The highest BCUT2D eigenvalue weighted by atomic mass is 19.1. The molecule has 0 unspecified atom stereocenters. The number of ether oxygens (including phenoxy) is 1. The Morgan fingerprint density at radius 2 is 1.96 bits per heavy atom. The number of methoxy groups -OCH3 is 1. The standard InChI is InChI=1S/C16H14F2N2O4/c1-19(9-10-3-4-11(17)7-14(10)18)15-6-5-12(20(22)23)8-13(15)16(21)24-2/h3-8H,9H2,1-2H3. The van der Waals surface area contributed by atoms with E-state index in [1.807, 2.05) is 0 Å². The van der Waals surface area contributed by atoms with Gasteiger partial charge >= 0.3 is 5.97 Å². The molecule has 2 aromatic rings. The van der Waals surface area contributed by atoms with E-state index < -0.39 is 22.5 Å². The third-order valence-corrected chi connectivity index (χ3v) is 3.43. The highest BCUT2D eigenvalue weighted by Gasteiger charge is 2.20.